The first-order chi connectivity index (χ1) is 10.2. The molecule has 0 unspecified atom stereocenters. The van der Waals surface area contributed by atoms with Crippen LogP contribution in [0.15, 0.2) is 34.9 Å². The van der Waals surface area contributed by atoms with Crippen LogP contribution in [0, 0.1) is 5.92 Å². The largest absolute Gasteiger partial charge is 0.338 e. The van der Waals surface area contributed by atoms with E-state index < -0.39 is 0 Å². The van der Waals surface area contributed by atoms with Gasteiger partial charge in [-0.1, -0.05) is 49.3 Å². The number of aromatic nitrogens is 2. The van der Waals surface area contributed by atoms with Gasteiger partial charge in [0.1, 0.15) is 0 Å². The van der Waals surface area contributed by atoms with Crippen LogP contribution in [0.1, 0.15) is 44.0 Å². The summed E-state index contributed by atoms with van der Waals surface area (Å²) in [4.78, 5) is 4.72. The monoisotopic (exact) mass is 285 g/mol. The summed E-state index contributed by atoms with van der Waals surface area (Å²) in [6.45, 7) is 6.31. The molecule has 1 aromatic carbocycles. The zero-order valence-corrected chi connectivity index (χ0v) is 12.8. The third-order valence-corrected chi connectivity index (χ3v) is 4.25. The molecule has 0 spiro atoms. The quantitative estimate of drug-likeness (QED) is 0.938. The van der Waals surface area contributed by atoms with Crippen molar-refractivity contribution in [2.45, 2.75) is 38.5 Å². The minimum atomic E-state index is -0.130. The highest BCUT2D eigenvalue weighted by Crippen LogP contribution is 2.39. The summed E-state index contributed by atoms with van der Waals surface area (Å²) in [5.74, 6) is 2.15. The average molecular weight is 285 g/mol. The summed E-state index contributed by atoms with van der Waals surface area (Å²) in [6, 6.07) is 10.6. The van der Waals surface area contributed by atoms with Crippen LogP contribution in [-0.2, 0) is 11.8 Å². The van der Waals surface area contributed by atoms with Crippen molar-refractivity contribution in [3.05, 3.63) is 47.6 Å². The first-order valence-corrected chi connectivity index (χ1v) is 7.80. The van der Waals surface area contributed by atoms with Gasteiger partial charge in [0.15, 0.2) is 5.82 Å². The smallest absolute Gasteiger partial charge is 0.237 e. The summed E-state index contributed by atoms with van der Waals surface area (Å²) in [5.41, 5.74) is 1.15. The highest BCUT2D eigenvalue weighted by molar-refractivity contribution is 5.32. The molecule has 0 aliphatic carbocycles. The molecule has 1 aliphatic rings. The molecule has 1 aliphatic heterocycles. The van der Waals surface area contributed by atoms with E-state index in [1.165, 1.54) is 5.56 Å². The Morgan fingerprint density at radius 1 is 1.19 bits per heavy atom. The van der Waals surface area contributed by atoms with E-state index in [-0.39, 0.29) is 5.41 Å². The highest BCUT2D eigenvalue weighted by Gasteiger charge is 2.40. The van der Waals surface area contributed by atoms with Crippen molar-refractivity contribution in [3.8, 4) is 0 Å². The minimum absolute atomic E-state index is 0.130. The molecular weight excluding hydrogens is 262 g/mol. The van der Waals surface area contributed by atoms with Crippen molar-refractivity contribution >= 4 is 0 Å². The molecule has 4 heteroatoms. The Hall–Kier alpha value is -1.68. The second-order valence-corrected chi connectivity index (χ2v) is 6.31. The SMILES string of the molecule is CC(C)Cc1noc(C2(c3ccccc3)CCNCC2)n1. The molecule has 4 nitrogen and oxygen atoms in total. The van der Waals surface area contributed by atoms with Crippen LogP contribution in [0.25, 0.3) is 0 Å². The number of benzene rings is 1. The summed E-state index contributed by atoms with van der Waals surface area (Å²) in [5, 5.41) is 7.62. The number of rotatable bonds is 4. The first-order valence-electron chi connectivity index (χ1n) is 7.80. The van der Waals surface area contributed by atoms with Crippen molar-refractivity contribution in [1.29, 1.82) is 0 Å². The predicted molar refractivity (Wildman–Crippen MR) is 82.2 cm³/mol. The maximum atomic E-state index is 5.67. The van der Waals surface area contributed by atoms with Gasteiger partial charge in [-0.15, -0.1) is 0 Å². The van der Waals surface area contributed by atoms with E-state index in [2.05, 4.69) is 54.7 Å². The van der Waals surface area contributed by atoms with E-state index in [1.54, 1.807) is 0 Å². The van der Waals surface area contributed by atoms with Gasteiger partial charge < -0.3 is 9.84 Å². The van der Waals surface area contributed by atoms with E-state index in [1.807, 2.05) is 0 Å². The van der Waals surface area contributed by atoms with Gasteiger partial charge in [-0.2, -0.15) is 4.98 Å². The van der Waals surface area contributed by atoms with Gasteiger partial charge in [0.2, 0.25) is 5.89 Å². The van der Waals surface area contributed by atoms with Crippen molar-refractivity contribution in [3.63, 3.8) is 0 Å². The van der Waals surface area contributed by atoms with E-state index in [4.69, 9.17) is 9.51 Å². The molecule has 2 heterocycles. The molecule has 112 valence electrons. The van der Waals surface area contributed by atoms with Gasteiger partial charge in [-0.3, -0.25) is 0 Å². The van der Waals surface area contributed by atoms with Gasteiger partial charge in [-0.05, 0) is 37.4 Å². The fourth-order valence-electron chi connectivity index (χ4n) is 3.13. The van der Waals surface area contributed by atoms with Gasteiger partial charge in [-0.25, -0.2) is 0 Å². The molecule has 3 rings (SSSR count). The highest BCUT2D eigenvalue weighted by atomic mass is 16.5. The third-order valence-electron chi connectivity index (χ3n) is 4.25. The Kier molecular flexibility index (Phi) is 4.06. The molecule has 1 saturated heterocycles. The number of piperidine rings is 1. The van der Waals surface area contributed by atoms with Crippen LogP contribution < -0.4 is 5.32 Å². The number of nitrogens with one attached hydrogen (secondary N) is 1. The van der Waals surface area contributed by atoms with Crippen LogP contribution in [0.5, 0.6) is 0 Å². The zero-order chi connectivity index (χ0) is 14.7. The van der Waals surface area contributed by atoms with E-state index in [0.29, 0.717) is 5.92 Å². The van der Waals surface area contributed by atoms with E-state index in [0.717, 1.165) is 44.1 Å². The van der Waals surface area contributed by atoms with Crippen LogP contribution in [0.2, 0.25) is 0 Å². The molecule has 1 N–H and O–H groups in total. The molecule has 0 amide bonds. The lowest BCUT2D eigenvalue weighted by Gasteiger charge is -2.34. The minimum Gasteiger partial charge on any atom is -0.338 e. The van der Waals surface area contributed by atoms with Crippen LogP contribution in [0.4, 0.5) is 0 Å². The molecule has 1 aromatic heterocycles. The van der Waals surface area contributed by atoms with Gasteiger partial charge in [0, 0.05) is 6.42 Å². The molecular formula is C17H23N3O. The lowest BCUT2D eigenvalue weighted by atomic mass is 9.73. The normalized spacial score (nSPS) is 18.0. The lowest BCUT2D eigenvalue weighted by molar-refractivity contribution is 0.259. The first kappa shape index (κ1) is 14.3. The van der Waals surface area contributed by atoms with Gasteiger partial charge in [0.25, 0.3) is 0 Å². The molecule has 2 aromatic rings. The topological polar surface area (TPSA) is 51.0 Å². The number of nitrogens with zero attached hydrogens (tertiary/aromatic N) is 2. The Bertz CT molecular complexity index is 571. The summed E-state index contributed by atoms with van der Waals surface area (Å²) in [7, 11) is 0. The predicted octanol–water partition coefficient (Wildman–Crippen LogP) is 2.94. The molecule has 0 bridgehead atoms. The molecule has 0 saturated carbocycles. The number of hydrogen-bond acceptors (Lipinski definition) is 4. The fraction of sp³-hybridized carbons (Fsp3) is 0.529. The maximum Gasteiger partial charge on any atom is 0.237 e. The zero-order valence-electron chi connectivity index (χ0n) is 12.8. The van der Waals surface area contributed by atoms with Crippen LogP contribution in [-0.4, -0.2) is 23.2 Å². The van der Waals surface area contributed by atoms with Crippen LogP contribution >= 0.6 is 0 Å². The van der Waals surface area contributed by atoms with Gasteiger partial charge in [0.05, 0.1) is 5.41 Å². The standard InChI is InChI=1S/C17H23N3O/c1-13(2)12-15-19-16(21-20-15)17(8-10-18-11-9-17)14-6-4-3-5-7-14/h3-7,13,18H,8-12H2,1-2H3. The molecule has 21 heavy (non-hydrogen) atoms. The summed E-state index contributed by atoms with van der Waals surface area (Å²) >= 11 is 0. The Morgan fingerprint density at radius 2 is 1.90 bits per heavy atom. The maximum absolute atomic E-state index is 5.67. The average Bonchev–Trinajstić information content (AvgIpc) is 2.97. The van der Waals surface area contributed by atoms with Crippen molar-refractivity contribution in [2.24, 2.45) is 5.92 Å². The molecule has 1 fully saturated rings. The second-order valence-electron chi connectivity index (χ2n) is 6.31. The van der Waals surface area contributed by atoms with Crippen molar-refractivity contribution in [2.75, 3.05) is 13.1 Å². The summed E-state index contributed by atoms with van der Waals surface area (Å²) in [6.07, 6.45) is 2.87. The van der Waals surface area contributed by atoms with E-state index in [9.17, 15) is 0 Å². The third kappa shape index (κ3) is 2.86. The second kappa shape index (κ2) is 5.98. The number of hydrogen-bond donors (Lipinski definition) is 1. The summed E-state index contributed by atoms with van der Waals surface area (Å²) < 4.78 is 5.67. The fourth-order valence-corrected chi connectivity index (χ4v) is 3.13. The van der Waals surface area contributed by atoms with Gasteiger partial charge >= 0.3 is 0 Å². The molecule has 0 radical (unpaired) electrons. The van der Waals surface area contributed by atoms with Crippen molar-refractivity contribution < 1.29 is 4.52 Å². The lowest BCUT2D eigenvalue weighted by Crippen LogP contribution is -2.41. The Morgan fingerprint density at radius 3 is 2.57 bits per heavy atom. The Balaban J connectivity index is 1.98. The van der Waals surface area contributed by atoms with E-state index >= 15 is 0 Å². The Labute approximate surface area is 126 Å². The molecule has 0 atom stereocenters. The van der Waals surface area contributed by atoms with Crippen molar-refractivity contribution in [1.82, 2.24) is 15.5 Å². The van der Waals surface area contributed by atoms with Crippen LogP contribution in [0.3, 0.4) is 0 Å².